The average Bonchev–Trinajstić information content (AvgIpc) is 3.25. The van der Waals surface area contributed by atoms with Crippen molar-refractivity contribution in [3.05, 3.63) is 0 Å². The van der Waals surface area contributed by atoms with E-state index in [9.17, 15) is 4.79 Å². The lowest BCUT2D eigenvalue weighted by atomic mass is 10.0. The maximum atomic E-state index is 10.4. The first-order chi connectivity index (χ1) is 29.8. The maximum absolute atomic E-state index is 10.4. The molecule has 0 saturated carbocycles. The third-order valence-corrected chi connectivity index (χ3v) is 9.07. The number of ether oxygens (including phenoxy) is 13. The summed E-state index contributed by atoms with van der Waals surface area (Å²) >= 11 is 0. The predicted octanol–water partition coefficient (Wildman–Crippen LogP) is 6.94. The van der Waals surface area contributed by atoms with Crippen LogP contribution < -0.4 is 0 Å². The fourth-order valence-electron chi connectivity index (χ4n) is 5.65. The van der Waals surface area contributed by atoms with E-state index in [0.29, 0.717) is 159 Å². The summed E-state index contributed by atoms with van der Waals surface area (Å²) in [5.41, 5.74) is 0. The first kappa shape index (κ1) is 58.9. The third kappa shape index (κ3) is 57.0. The molecule has 0 aromatic rings. The number of carbonyl (C=O) groups is 1. The second-order valence-corrected chi connectivity index (χ2v) is 14.4. The molecule has 0 rings (SSSR count). The molecule has 1 N–H and O–H groups in total. The molecule has 0 saturated heterocycles. The molecule has 0 bridgehead atoms. The van der Waals surface area contributed by atoms with Gasteiger partial charge >= 0.3 is 5.97 Å². The first-order valence-corrected chi connectivity index (χ1v) is 23.5. The van der Waals surface area contributed by atoms with Crippen LogP contribution in [0, 0.1) is 0 Å². The Balaban J connectivity index is 3.06. The Bertz CT molecular complexity index is 783. The lowest BCUT2D eigenvalue weighted by Crippen LogP contribution is -2.15. The van der Waals surface area contributed by atoms with Gasteiger partial charge in [-0.25, -0.2) is 0 Å². The number of aliphatic carboxylic acids is 1. The minimum Gasteiger partial charge on any atom is -0.481 e. The Hall–Kier alpha value is -1.05. The van der Waals surface area contributed by atoms with Crippen molar-refractivity contribution in [3.63, 3.8) is 0 Å². The van der Waals surface area contributed by atoms with E-state index in [4.69, 9.17) is 66.7 Å². The van der Waals surface area contributed by atoms with Crippen molar-refractivity contribution in [2.45, 2.75) is 116 Å². The molecule has 0 radical (unpaired) electrons. The van der Waals surface area contributed by atoms with Gasteiger partial charge in [0, 0.05) is 6.61 Å². The highest BCUT2D eigenvalue weighted by Gasteiger charge is 1.99. The lowest BCUT2D eigenvalue weighted by Gasteiger charge is -2.09. The van der Waals surface area contributed by atoms with Gasteiger partial charge in [0.2, 0.25) is 0 Å². The number of hydrogen-bond donors (Lipinski definition) is 1. The molecule has 0 heterocycles. The Morgan fingerprint density at radius 2 is 0.417 bits per heavy atom. The number of rotatable bonds is 56. The molecule has 0 aliphatic heterocycles. The third-order valence-electron chi connectivity index (χ3n) is 9.07. The first-order valence-electron chi connectivity index (χ1n) is 23.5. The van der Waals surface area contributed by atoms with Gasteiger partial charge in [-0.05, 0) is 6.42 Å². The van der Waals surface area contributed by atoms with E-state index in [0.717, 1.165) is 13.0 Å². The molecule has 360 valence electrons. The molecule has 0 aliphatic rings. The molecule has 0 aliphatic carbocycles. The van der Waals surface area contributed by atoms with E-state index in [2.05, 4.69) is 6.92 Å². The van der Waals surface area contributed by atoms with Crippen molar-refractivity contribution in [1.82, 2.24) is 0 Å². The van der Waals surface area contributed by atoms with E-state index < -0.39 is 5.97 Å². The van der Waals surface area contributed by atoms with Gasteiger partial charge in [-0.3, -0.25) is 4.79 Å². The lowest BCUT2D eigenvalue weighted by molar-refractivity contribution is -0.138. The molecule has 0 amide bonds. The van der Waals surface area contributed by atoms with E-state index in [-0.39, 0.29) is 13.0 Å². The van der Waals surface area contributed by atoms with Crippen molar-refractivity contribution < 1.29 is 71.5 Å². The fraction of sp³-hybridized carbons (Fsp3) is 0.978. The van der Waals surface area contributed by atoms with Gasteiger partial charge in [-0.2, -0.15) is 0 Å². The molecular formula is C45H90O15. The Morgan fingerprint density at radius 3 is 0.617 bits per heavy atom. The minimum absolute atomic E-state index is 0.00202. The number of carboxylic acids is 1. The fourth-order valence-corrected chi connectivity index (χ4v) is 5.65. The van der Waals surface area contributed by atoms with Crippen LogP contribution in [0.1, 0.15) is 116 Å². The van der Waals surface area contributed by atoms with Gasteiger partial charge in [0.1, 0.15) is 0 Å². The zero-order valence-electron chi connectivity index (χ0n) is 38.1. The quantitative estimate of drug-likeness (QED) is 0.0627. The number of hydrogen-bond acceptors (Lipinski definition) is 14. The molecule has 0 unspecified atom stereocenters. The molecular weight excluding hydrogens is 780 g/mol. The van der Waals surface area contributed by atoms with Gasteiger partial charge in [0.05, 0.1) is 172 Å². The van der Waals surface area contributed by atoms with Gasteiger partial charge in [-0.15, -0.1) is 0 Å². The van der Waals surface area contributed by atoms with Crippen LogP contribution in [0.25, 0.3) is 0 Å². The summed E-state index contributed by atoms with van der Waals surface area (Å²) in [6.45, 7) is 15.4. The van der Waals surface area contributed by atoms with Gasteiger partial charge in [-0.1, -0.05) is 103 Å². The highest BCUT2D eigenvalue weighted by Crippen LogP contribution is 2.13. The molecule has 0 fully saturated rings. The summed E-state index contributed by atoms with van der Waals surface area (Å²) < 4.78 is 71.2. The van der Waals surface area contributed by atoms with E-state index in [1.807, 2.05) is 0 Å². The van der Waals surface area contributed by atoms with Crippen molar-refractivity contribution in [2.75, 3.05) is 172 Å². The van der Waals surface area contributed by atoms with Crippen LogP contribution in [0.3, 0.4) is 0 Å². The summed E-state index contributed by atoms with van der Waals surface area (Å²) in [7, 11) is 0. The Morgan fingerprint density at radius 1 is 0.250 bits per heavy atom. The smallest absolute Gasteiger partial charge is 0.305 e. The molecule has 60 heavy (non-hydrogen) atoms. The van der Waals surface area contributed by atoms with Gasteiger partial charge in [0.15, 0.2) is 0 Å². The standard InChI is InChI=1S/C45H90O15/c1-2-3-4-5-6-7-8-9-10-11-12-13-14-15-16-17-19-48-21-23-50-25-27-52-29-31-54-33-35-56-37-39-58-41-43-60-44-42-59-40-38-57-36-34-55-32-30-53-28-26-51-24-22-49-20-18-45(46)47/h2-44H2,1H3,(H,46,47). The SMILES string of the molecule is CCCCCCCCCCCCCCCCCCOCCOCCOCCOCCOCCOCCOCCOCCOCCOCCOCCOCCOCCC(=O)O. The minimum atomic E-state index is -0.873. The molecule has 0 aromatic heterocycles. The number of carboxylic acid groups (broad SMARTS) is 1. The maximum Gasteiger partial charge on any atom is 0.305 e. The zero-order chi connectivity index (χ0) is 43.2. The normalized spacial score (nSPS) is 11.6. The van der Waals surface area contributed by atoms with Gasteiger partial charge in [0.25, 0.3) is 0 Å². The highest BCUT2D eigenvalue weighted by atomic mass is 16.6. The second-order valence-electron chi connectivity index (χ2n) is 14.4. The van der Waals surface area contributed by atoms with E-state index >= 15 is 0 Å². The summed E-state index contributed by atoms with van der Waals surface area (Å²) in [6.07, 6.45) is 22.1. The highest BCUT2D eigenvalue weighted by molar-refractivity contribution is 5.66. The Kier molecular flexibility index (Phi) is 55.0. The van der Waals surface area contributed by atoms with Crippen LogP contribution >= 0.6 is 0 Å². The summed E-state index contributed by atoms with van der Waals surface area (Å²) in [5.74, 6) is -0.873. The van der Waals surface area contributed by atoms with Gasteiger partial charge < -0.3 is 66.7 Å². The van der Waals surface area contributed by atoms with Crippen LogP contribution in [0.15, 0.2) is 0 Å². The predicted molar refractivity (Wildman–Crippen MR) is 232 cm³/mol. The van der Waals surface area contributed by atoms with Crippen molar-refractivity contribution in [3.8, 4) is 0 Å². The van der Waals surface area contributed by atoms with Crippen LogP contribution in [0.4, 0.5) is 0 Å². The van der Waals surface area contributed by atoms with E-state index in [1.165, 1.54) is 96.3 Å². The summed E-state index contributed by atoms with van der Waals surface area (Å²) in [6, 6.07) is 0. The molecule has 0 atom stereocenters. The second kappa shape index (κ2) is 56.0. The molecule has 15 heteroatoms. The van der Waals surface area contributed by atoms with Crippen molar-refractivity contribution in [1.29, 1.82) is 0 Å². The van der Waals surface area contributed by atoms with Crippen LogP contribution in [-0.4, -0.2) is 183 Å². The van der Waals surface area contributed by atoms with Crippen LogP contribution in [-0.2, 0) is 66.4 Å². The topological polar surface area (TPSA) is 157 Å². The zero-order valence-corrected chi connectivity index (χ0v) is 38.1. The van der Waals surface area contributed by atoms with Crippen LogP contribution in [0.5, 0.6) is 0 Å². The molecule has 0 spiro atoms. The van der Waals surface area contributed by atoms with E-state index in [1.54, 1.807) is 0 Å². The summed E-state index contributed by atoms with van der Waals surface area (Å²) in [5, 5.41) is 8.51. The molecule has 15 nitrogen and oxygen atoms in total. The monoisotopic (exact) mass is 871 g/mol. The summed E-state index contributed by atoms with van der Waals surface area (Å²) in [4.78, 5) is 10.4. The van der Waals surface area contributed by atoms with Crippen molar-refractivity contribution in [2.24, 2.45) is 0 Å². The average molecular weight is 871 g/mol. The largest absolute Gasteiger partial charge is 0.481 e. The Labute approximate surface area is 364 Å². The molecule has 0 aromatic carbocycles. The number of unbranched alkanes of at least 4 members (excludes halogenated alkanes) is 15. The van der Waals surface area contributed by atoms with Crippen LogP contribution in [0.2, 0.25) is 0 Å². The van der Waals surface area contributed by atoms with Crippen molar-refractivity contribution >= 4 is 5.97 Å².